The van der Waals surface area contributed by atoms with Crippen LogP contribution in [0.3, 0.4) is 0 Å². The van der Waals surface area contributed by atoms with E-state index in [4.69, 9.17) is 0 Å². The molecule has 1 fully saturated rings. The molecule has 2 heterocycles. The SMILES string of the molecule is CCC1C(=O)NC(CC)(CC)C(=O)N1Cc1ccsc1. The van der Waals surface area contributed by atoms with E-state index >= 15 is 0 Å². The summed E-state index contributed by atoms with van der Waals surface area (Å²) >= 11 is 1.61. The average molecular weight is 294 g/mol. The van der Waals surface area contributed by atoms with Gasteiger partial charge < -0.3 is 10.2 Å². The molecule has 110 valence electrons. The maximum atomic E-state index is 12.9. The molecular weight excluding hydrogens is 272 g/mol. The van der Waals surface area contributed by atoms with E-state index in [1.807, 2.05) is 37.6 Å². The van der Waals surface area contributed by atoms with Crippen LogP contribution in [0.15, 0.2) is 16.8 Å². The molecule has 2 rings (SSSR count). The molecule has 0 spiro atoms. The molecule has 4 nitrogen and oxygen atoms in total. The Balaban J connectivity index is 2.32. The Labute approximate surface area is 124 Å². The molecule has 1 unspecified atom stereocenters. The quantitative estimate of drug-likeness (QED) is 0.907. The Bertz CT molecular complexity index is 480. The van der Waals surface area contributed by atoms with Gasteiger partial charge in [0.2, 0.25) is 11.8 Å². The van der Waals surface area contributed by atoms with E-state index in [0.717, 1.165) is 5.56 Å². The zero-order valence-corrected chi connectivity index (χ0v) is 13.1. The van der Waals surface area contributed by atoms with Gasteiger partial charge in [-0.25, -0.2) is 0 Å². The van der Waals surface area contributed by atoms with Crippen molar-refractivity contribution in [2.24, 2.45) is 0 Å². The predicted octanol–water partition coefficient (Wildman–Crippen LogP) is 2.54. The first-order valence-corrected chi connectivity index (χ1v) is 8.16. The van der Waals surface area contributed by atoms with Crippen LogP contribution in [-0.4, -0.2) is 28.3 Å². The highest BCUT2D eigenvalue weighted by atomic mass is 32.1. The Morgan fingerprint density at radius 3 is 2.50 bits per heavy atom. The average Bonchev–Trinajstić information content (AvgIpc) is 2.96. The Kier molecular flexibility index (Phi) is 4.48. The molecular formula is C15H22N2O2S. The third kappa shape index (κ3) is 2.46. The third-order valence-electron chi connectivity index (χ3n) is 4.24. The van der Waals surface area contributed by atoms with Crippen LogP contribution >= 0.6 is 11.3 Å². The van der Waals surface area contributed by atoms with E-state index in [1.165, 1.54) is 0 Å². The van der Waals surface area contributed by atoms with E-state index in [9.17, 15) is 9.59 Å². The van der Waals surface area contributed by atoms with Gasteiger partial charge in [0.1, 0.15) is 11.6 Å². The Morgan fingerprint density at radius 1 is 1.30 bits per heavy atom. The number of rotatable bonds is 5. The lowest BCUT2D eigenvalue weighted by molar-refractivity contribution is -0.156. The maximum Gasteiger partial charge on any atom is 0.249 e. The molecule has 1 aromatic heterocycles. The highest BCUT2D eigenvalue weighted by Gasteiger charge is 2.48. The van der Waals surface area contributed by atoms with Crippen LogP contribution in [0.4, 0.5) is 0 Å². The van der Waals surface area contributed by atoms with Gasteiger partial charge in [0.25, 0.3) is 0 Å². The summed E-state index contributed by atoms with van der Waals surface area (Å²) in [5.74, 6) is 0.0335. The second-order valence-electron chi connectivity index (χ2n) is 5.27. The minimum Gasteiger partial charge on any atom is -0.340 e. The molecule has 20 heavy (non-hydrogen) atoms. The number of amides is 2. The van der Waals surface area contributed by atoms with Gasteiger partial charge in [-0.05, 0) is 41.7 Å². The van der Waals surface area contributed by atoms with Crippen LogP contribution in [0, 0.1) is 0 Å². The van der Waals surface area contributed by atoms with Crippen molar-refractivity contribution in [2.45, 2.75) is 58.2 Å². The van der Waals surface area contributed by atoms with Crippen LogP contribution in [0.1, 0.15) is 45.6 Å². The first kappa shape index (κ1) is 15.0. The molecule has 0 saturated carbocycles. The lowest BCUT2D eigenvalue weighted by atomic mass is 9.86. The minimum atomic E-state index is -0.723. The minimum absolute atomic E-state index is 0.0222. The topological polar surface area (TPSA) is 49.4 Å². The Hall–Kier alpha value is -1.36. The summed E-state index contributed by atoms with van der Waals surface area (Å²) in [5, 5.41) is 6.99. The number of piperazine rings is 1. The van der Waals surface area contributed by atoms with Crippen molar-refractivity contribution in [2.75, 3.05) is 0 Å². The largest absolute Gasteiger partial charge is 0.340 e. The summed E-state index contributed by atoms with van der Waals surface area (Å²) in [7, 11) is 0. The molecule has 0 aromatic carbocycles. The first-order chi connectivity index (χ1) is 9.57. The standard InChI is InChI=1S/C15H22N2O2S/c1-4-12-13(18)16-15(5-2,6-3)14(19)17(12)9-11-7-8-20-10-11/h7-8,10,12H,4-6,9H2,1-3H3,(H,16,18). The molecule has 2 amide bonds. The van der Waals surface area contributed by atoms with E-state index in [1.54, 1.807) is 16.2 Å². The third-order valence-corrected chi connectivity index (χ3v) is 4.97. The van der Waals surface area contributed by atoms with Gasteiger partial charge in [0.15, 0.2) is 0 Å². The molecule has 5 heteroatoms. The van der Waals surface area contributed by atoms with Crippen molar-refractivity contribution in [1.82, 2.24) is 10.2 Å². The molecule has 0 aliphatic carbocycles. The van der Waals surface area contributed by atoms with Gasteiger partial charge in [0, 0.05) is 6.54 Å². The summed E-state index contributed by atoms with van der Waals surface area (Å²) in [5.41, 5.74) is 0.372. The second kappa shape index (κ2) is 5.95. The van der Waals surface area contributed by atoms with Gasteiger partial charge in [0.05, 0.1) is 0 Å². The second-order valence-corrected chi connectivity index (χ2v) is 6.05. The van der Waals surface area contributed by atoms with Gasteiger partial charge in [-0.2, -0.15) is 11.3 Å². The van der Waals surface area contributed by atoms with Crippen LogP contribution in [0.2, 0.25) is 0 Å². The van der Waals surface area contributed by atoms with Crippen LogP contribution in [0.5, 0.6) is 0 Å². The zero-order valence-electron chi connectivity index (χ0n) is 12.3. The Morgan fingerprint density at radius 2 is 2.00 bits per heavy atom. The van der Waals surface area contributed by atoms with Crippen LogP contribution in [-0.2, 0) is 16.1 Å². The first-order valence-electron chi connectivity index (χ1n) is 7.22. The molecule has 1 aliphatic heterocycles. The number of hydrogen-bond donors (Lipinski definition) is 1. The summed E-state index contributed by atoms with van der Waals surface area (Å²) in [6.45, 7) is 6.38. The van der Waals surface area contributed by atoms with E-state index in [2.05, 4.69) is 5.32 Å². The van der Waals surface area contributed by atoms with Gasteiger partial charge in [-0.1, -0.05) is 20.8 Å². The number of carbonyl (C=O) groups excluding carboxylic acids is 2. The smallest absolute Gasteiger partial charge is 0.249 e. The molecule has 1 atom stereocenters. The number of carbonyl (C=O) groups is 2. The monoisotopic (exact) mass is 294 g/mol. The van der Waals surface area contributed by atoms with Crippen molar-refractivity contribution in [3.63, 3.8) is 0 Å². The van der Waals surface area contributed by atoms with Gasteiger partial charge >= 0.3 is 0 Å². The molecule has 1 N–H and O–H groups in total. The van der Waals surface area contributed by atoms with Crippen molar-refractivity contribution in [1.29, 1.82) is 0 Å². The van der Waals surface area contributed by atoms with Crippen LogP contribution in [0.25, 0.3) is 0 Å². The molecule has 0 bridgehead atoms. The van der Waals surface area contributed by atoms with Crippen molar-refractivity contribution in [3.05, 3.63) is 22.4 Å². The number of thiophene rings is 1. The molecule has 1 aliphatic rings. The molecule has 1 aromatic rings. The highest BCUT2D eigenvalue weighted by molar-refractivity contribution is 7.07. The lowest BCUT2D eigenvalue weighted by Crippen LogP contribution is -2.69. The predicted molar refractivity (Wildman–Crippen MR) is 80.4 cm³/mol. The summed E-state index contributed by atoms with van der Waals surface area (Å²) in [4.78, 5) is 27.0. The van der Waals surface area contributed by atoms with Crippen LogP contribution < -0.4 is 5.32 Å². The number of nitrogens with one attached hydrogen (secondary N) is 1. The van der Waals surface area contributed by atoms with E-state index in [0.29, 0.717) is 25.8 Å². The summed E-state index contributed by atoms with van der Waals surface area (Å²) in [6.07, 6.45) is 1.90. The van der Waals surface area contributed by atoms with Crippen molar-refractivity contribution in [3.8, 4) is 0 Å². The summed E-state index contributed by atoms with van der Waals surface area (Å²) in [6, 6.07) is 1.66. The zero-order chi connectivity index (χ0) is 14.8. The number of hydrogen-bond acceptors (Lipinski definition) is 3. The van der Waals surface area contributed by atoms with Crippen molar-refractivity contribution >= 4 is 23.2 Å². The lowest BCUT2D eigenvalue weighted by Gasteiger charge is -2.45. The van der Waals surface area contributed by atoms with Gasteiger partial charge in [-0.15, -0.1) is 0 Å². The fraction of sp³-hybridized carbons (Fsp3) is 0.600. The molecule has 0 radical (unpaired) electrons. The van der Waals surface area contributed by atoms with Crippen molar-refractivity contribution < 1.29 is 9.59 Å². The summed E-state index contributed by atoms with van der Waals surface area (Å²) < 4.78 is 0. The molecule has 1 saturated heterocycles. The van der Waals surface area contributed by atoms with Gasteiger partial charge in [-0.3, -0.25) is 9.59 Å². The highest BCUT2D eigenvalue weighted by Crippen LogP contribution is 2.27. The number of nitrogens with zero attached hydrogens (tertiary/aromatic N) is 1. The normalized spacial score (nSPS) is 21.9. The maximum absolute atomic E-state index is 12.9. The van der Waals surface area contributed by atoms with E-state index in [-0.39, 0.29) is 17.9 Å². The van der Waals surface area contributed by atoms with E-state index < -0.39 is 5.54 Å². The fourth-order valence-electron chi connectivity index (χ4n) is 2.83. The fourth-order valence-corrected chi connectivity index (χ4v) is 3.49.